The zero-order valence-electron chi connectivity index (χ0n) is 14.2. The van der Waals surface area contributed by atoms with Crippen molar-refractivity contribution in [1.82, 2.24) is 9.97 Å². The van der Waals surface area contributed by atoms with Crippen molar-refractivity contribution in [2.45, 2.75) is 26.2 Å². The van der Waals surface area contributed by atoms with Gasteiger partial charge < -0.3 is 9.15 Å². The van der Waals surface area contributed by atoms with Crippen molar-refractivity contribution in [2.24, 2.45) is 0 Å². The van der Waals surface area contributed by atoms with Gasteiger partial charge in [0.2, 0.25) is 0 Å². The lowest BCUT2D eigenvalue weighted by Gasteiger charge is -1.98. The summed E-state index contributed by atoms with van der Waals surface area (Å²) in [4.78, 5) is 9.07. The van der Waals surface area contributed by atoms with Gasteiger partial charge in [-0.2, -0.15) is 4.98 Å². The van der Waals surface area contributed by atoms with E-state index in [1.807, 2.05) is 18.2 Å². The van der Waals surface area contributed by atoms with E-state index in [2.05, 4.69) is 40.4 Å². The molecular weight excluding hydrogens is 334 g/mol. The minimum Gasteiger partial charge on any atom is -0.497 e. The van der Waals surface area contributed by atoms with Crippen molar-refractivity contribution in [1.29, 1.82) is 0 Å². The van der Waals surface area contributed by atoms with E-state index in [0.29, 0.717) is 11.6 Å². The molecule has 0 bridgehead atoms. The maximum absolute atomic E-state index is 5.73. The molecule has 1 N–H and O–H groups in total. The number of aromatic nitrogens is 2. The summed E-state index contributed by atoms with van der Waals surface area (Å²) < 4.78 is 12.1. The van der Waals surface area contributed by atoms with Crippen molar-refractivity contribution in [2.75, 3.05) is 12.4 Å². The van der Waals surface area contributed by atoms with Crippen LogP contribution in [0.15, 0.2) is 40.8 Å². The topological polar surface area (TPSA) is 60.2 Å². The number of methoxy groups -OCH3 is 1. The van der Waals surface area contributed by atoms with Crippen molar-refractivity contribution in [3.63, 3.8) is 0 Å². The quantitative estimate of drug-likeness (QED) is 0.494. The SMILES string of the molecule is CCCCc1ccc2nc(Nc3nc4cc(OC)ccc4o3)sc2c1. The maximum Gasteiger partial charge on any atom is 0.302 e. The lowest BCUT2D eigenvalue weighted by Crippen LogP contribution is -1.88. The van der Waals surface area contributed by atoms with Gasteiger partial charge in [-0.05, 0) is 42.7 Å². The molecule has 128 valence electrons. The van der Waals surface area contributed by atoms with E-state index in [0.717, 1.165) is 28.3 Å². The molecule has 0 spiro atoms. The monoisotopic (exact) mass is 353 g/mol. The summed E-state index contributed by atoms with van der Waals surface area (Å²) in [6.45, 7) is 2.21. The number of ether oxygens (including phenoxy) is 1. The van der Waals surface area contributed by atoms with Crippen LogP contribution in [0.2, 0.25) is 0 Å². The number of unbranched alkanes of at least 4 members (excludes halogenated alkanes) is 1. The Bertz CT molecular complexity index is 1020. The molecule has 2 heterocycles. The molecule has 0 aliphatic carbocycles. The van der Waals surface area contributed by atoms with Gasteiger partial charge >= 0.3 is 6.01 Å². The van der Waals surface area contributed by atoms with Gasteiger partial charge in [0.1, 0.15) is 11.3 Å². The number of benzene rings is 2. The smallest absolute Gasteiger partial charge is 0.302 e. The Labute approximate surface area is 149 Å². The lowest BCUT2D eigenvalue weighted by atomic mass is 10.1. The van der Waals surface area contributed by atoms with Gasteiger partial charge in [-0.15, -0.1) is 0 Å². The first-order valence-electron chi connectivity index (χ1n) is 8.36. The number of oxazole rings is 1. The lowest BCUT2D eigenvalue weighted by molar-refractivity contribution is 0.415. The molecule has 0 saturated carbocycles. The molecule has 4 rings (SSSR count). The molecule has 0 unspecified atom stereocenters. The average molecular weight is 353 g/mol. The number of rotatable bonds is 6. The van der Waals surface area contributed by atoms with Gasteiger partial charge in [-0.25, -0.2) is 4.98 Å². The van der Waals surface area contributed by atoms with Crippen molar-refractivity contribution in [3.05, 3.63) is 42.0 Å². The number of anilines is 2. The molecule has 2 aromatic heterocycles. The second-order valence-corrected chi connectivity index (χ2v) is 6.93. The largest absolute Gasteiger partial charge is 0.497 e. The first-order valence-corrected chi connectivity index (χ1v) is 9.18. The summed E-state index contributed by atoms with van der Waals surface area (Å²) in [5.41, 5.74) is 3.82. The highest BCUT2D eigenvalue weighted by molar-refractivity contribution is 7.22. The van der Waals surface area contributed by atoms with Crippen LogP contribution in [0.5, 0.6) is 5.75 Å². The Morgan fingerprint density at radius 3 is 2.88 bits per heavy atom. The predicted molar refractivity (Wildman–Crippen MR) is 102 cm³/mol. The summed E-state index contributed by atoms with van der Waals surface area (Å²) >= 11 is 1.61. The van der Waals surface area contributed by atoms with E-state index in [1.165, 1.54) is 23.1 Å². The van der Waals surface area contributed by atoms with Crippen LogP contribution in [0.4, 0.5) is 11.1 Å². The van der Waals surface area contributed by atoms with Gasteiger partial charge in [-0.1, -0.05) is 30.7 Å². The maximum atomic E-state index is 5.73. The van der Waals surface area contributed by atoms with Crippen molar-refractivity contribution < 1.29 is 9.15 Å². The molecular formula is C19H19N3O2S. The average Bonchev–Trinajstić information content (AvgIpc) is 3.21. The van der Waals surface area contributed by atoms with E-state index in [4.69, 9.17) is 9.15 Å². The van der Waals surface area contributed by atoms with E-state index < -0.39 is 0 Å². The highest BCUT2D eigenvalue weighted by atomic mass is 32.1. The van der Waals surface area contributed by atoms with Gasteiger partial charge in [-0.3, -0.25) is 5.32 Å². The van der Waals surface area contributed by atoms with Crippen molar-refractivity contribution >= 4 is 43.8 Å². The second kappa shape index (κ2) is 6.72. The molecule has 0 radical (unpaired) electrons. The second-order valence-electron chi connectivity index (χ2n) is 5.90. The zero-order chi connectivity index (χ0) is 17.2. The third kappa shape index (κ3) is 3.30. The predicted octanol–water partition coefficient (Wildman–Crippen LogP) is 5.53. The van der Waals surface area contributed by atoms with Gasteiger partial charge in [0.15, 0.2) is 10.7 Å². The first-order chi connectivity index (χ1) is 12.2. The number of thiazole rings is 1. The Hall–Kier alpha value is -2.60. The molecule has 0 amide bonds. The Balaban J connectivity index is 1.59. The zero-order valence-corrected chi connectivity index (χ0v) is 15.0. The van der Waals surface area contributed by atoms with Crippen LogP contribution >= 0.6 is 11.3 Å². The fourth-order valence-corrected chi connectivity index (χ4v) is 3.66. The minimum atomic E-state index is 0.438. The Morgan fingerprint density at radius 2 is 2.04 bits per heavy atom. The van der Waals surface area contributed by atoms with Gasteiger partial charge in [0.25, 0.3) is 0 Å². The third-order valence-electron chi connectivity index (χ3n) is 4.08. The normalized spacial score (nSPS) is 11.3. The molecule has 0 fully saturated rings. The van der Waals surface area contributed by atoms with Gasteiger partial charge in [0, 0.05) is 6.07 Å². The van der Waals surface area contributed by atoms with Crippen molar-refractivity contribution in [3.8, 4) is 5.75 Å². The molecule has 0 atom stereocenters. The van der Waals surface area contributed by atoms with Crippen LogP contribution < -0.4 is 10.1 Å². The molecule has 0 aliphatic rings. The van der Waals surface area contributed by atoms with E-state index in [-0.39, 0.29) is 0 Å². The van der Waals surface area contributed by atoms with E-state index >= 15 is 0 Å². The van der Waals surface area contributed by atoms with E-state index in [1.54, 1.807) is 18.4 Å². The number of fused-ring (bicyclic) bond motifs is 2. The molecule has 2 aromatic carbocycles. The van der Waals surface area contributed by atoms with Gasteiger partial charge in [0.05, 0.1) is 17.3 Å². The first kappa shape index (κ1) is 15.9. The highest BCUT2D eigenvalue weighted by Gasteiger charge is 2.10. The summed E-state index contributed by atoms with van der Waals surface area (Å²) in [5, 5.41) is 3.95. The Morgan fingerprint density at radius 1 is 1.12 bits per heavy atom. The Kier molecular flexibility index (Phi) is 4.28. The van der Waals surface area contributed by atoms with E-state index in [9.17, 15) is 0 Å². The molecule has 0 aliphatic heterocycles. The molecule has 6 heteroatoms. The van der Waals surface area contributed by atoms with Crippen LogP contribution in [0.25, 0.3) is 21.3 Å². The molecule has 25 heavy (non-hydrogen) atoms. The van der Waals surface area contributed by atoms with Crippen LogP contribution in [0.1, 0.15) is 25.3 Å². The summed E-state index contributed by atoms with van der Waals surface area (Å²) in [5.74, 6) is 0.756. The van der Waals surface area contributed by atoms with Crippen LogP contribution in [0.3, 0.4) is 0 Å². The number of hydrogen-bond acceptors (Lipinski definition) is 6. The summed E-state index contributed by atoms with van der Waals surface area (Å²) in [6, 6.07) is 12.5. The van der Waals surface area contributed by atoms with Crippen LogP contribution in [-0.4, -0.2) is 17.1 Å². The van der Waals surface area contributed by atoms with Crippen LogP contribution in [0, 0.1) is 0 Å². The number of nitrogens with zero attached hydrogens (tertiary/aromatic N) is 2. The van der Waals surface area contributed by atoms with Crippen LogP contribution in [-0.2, 0) is 6.42 Å². The fourth-order valence-electron chi connectivity index (χ4n) is 2.74. The summed E-state index contributed by atoms with van der Waals surface area (Å²) in [7, 11) is 1.64. The summed E-state index contributed by atoms with van der Waals surface area (Å²) in [6.07, 6.45) is 3.53. The number of hydrogen-bond donors (Lipinski definition) is 1. The minimum absolute atomic E-state index is 0.438. The third-order valence-corrected chi connectivity index (χ3v) is 5.01. The molecule has 4 aromatic rings. The standard InChI is InChI=1S/C19H19N3O2S/c1-3-4-5-12-6-8-14-17(10-12)25-19(21-14)22-18-20-15-11-13(23-2)7-9-16(15)24-18/h6-11H,3-5H2,1-2H3,(H,20,21,22). The molecule has 0 saturated heterocycles. The fraction of sp³-hybridized carbons (Fsp3) is 0.263. The molecule has 5 nitrogen and oxygen atoms in total. The number of aryl methyl sites for hydroxylation is 1. The number of nitrogens with one attached hydrogen (secondary N) is 1. The highest BCUT2D eigenvalue weighted by Crippen LogP contribution is 2.31.